The first-order valence-electron chi connectivity index (χ1n) is 11.5. The lowest BCUT2D eigenvalue weighted by Crippen LogP contribution is -2.39. The number of imidazole rings is 1. The molecule has 0 aliphatic carbocycles. The summed E-state index contributed by atoms with van der Waals surface area (Å²) in [6.45, 7) is 5.72. The Kier molecular flexibility index (Phi) is 5.67. The Balaban J connectivity index is 1.27. The quantitative estimate of drug-likeness (QED) is 0.415. The van der Waals surface area contributed by atoms with Gasteiger partial charge in [-0.3, -0.25) is 4.79 Å². The number of likely N-dealkylation sites (tertiary alicyclic amines) is 1. The molecule has 1 saturated heterocycles. The fourth-order valence-electron chi connectivity index (χ4n) is 4.64. The second-order valence-corrected chi connectivity index (χ2v) is 8.93. The van der Waals surface area contributed by atoms with Crippen molar-refractivity contribution in [3.63, 3.8) is 0 Å². The molecule has 6 heteroatoms. The van der Waals surface area contributed by atoms with E-state index in [4.69, 9.17) is 14.1 Å². The third kappa shape index (κ3) is 4.25. The van der Waals surface area contributed by atoms with Gasteiger partial charge >= 0.3 is 0 Å². The van der Waals surface area contributed by atoms with Gasteiger partial charge in [-0.15, -0.1) is 0 Å². The third-order valence-corrected chi connectivity index (χ3v) is 6.48. The number of aryl methyl sites for hydroxylation is 3. The standard InChI is InChI=1S/C27H29N3O3/c1-18-10-11-19(2)25(15-18)32-17-21-12-13-24(33-21)27(31)30-14-6-7-20(16-30)26-28-22-8-4-5-9-23(22)29(26)3/h4-5,8-13,15,20H,6-7,14,16-17H2,1-3H3. The molecule has 4 aromatic rings. The van der Waals surface area contributed by atoms with Gasteiger partial charge in [0.15, 0.2) is 5.76 Å². The summed E-state index contributed by atoms with van der Waals surface area (Å²) in [5.41, 5.74) is 4.34. The van der Waals surface area contributed by atoms with Gasteiger partial charge in [0, 0.05) is 26.1 Å². The first-order chi connectivity index (χ1) is 16.0. The highest BCUT2D eigenvalue weighted by atomic mass is 16.5. The number of aromatic nitrogens is 2. The first kappa shape index (κ1) is 21.3. The monoisotopic (exact) mass is 443 g/mol. The van der Waals surface area contributed by atoms with Crippen LogP contribution < -0.4 is 4.74 Å². The Morgan fingerprint density at radius 2 is 2.00 bits per heavy atom. The minimum atomic E-state index is -0.0727. The zero-order valence-corrected chi connectivity index (χ0v) is 19.4. The van der Waals surface area contributed by atoms with Gasteiger partial charge in [0.05, 0.1) is 11.0 Å². The molecule has 1 amide bonds. The summed E-state index contributed by atoms with van der Waals surface area (Å²) >= 11 is 0. The highest BCUT2D eigenvalue weighted by Gasteiger charge is 2.29. The molecule has 33 heavy (non-hydrogen) atoms. The lowest BCUT2D eigenvalue weighted by molar-refractivity contribution is 0.0667. The van der Waals surface area contributed by atoms with Crippen molar-refractivity contribution in [3.8, 4) is 5.75 Å². The molecular formula is C27H29N3O3. The van der Waals surface area contributed by atoms with Crippen molar-refractivity contribution in [1.82, 2.24) is 14.5 Å². The molecule has 1 aliphatic heterocycles. The SMILES string of the molecule is Cc1ccc(C)c(OCc2ccc(C(=O)N3CCCC(c4nc5ccccc5n4C)C3)o2)c1. The van der Waals surface area contributed by atoms with Crippen LogP contribution in [0, 0.1) is 13.8 Å². The molecular weight excluding hydrogens is 414 g/mol. The molecule has 0 saturated carbocycles. The summed E-state index contributed by atoms with van der Waals surface area (Å²) < 4.78 is 14.0. The molecule has 1 unspecified atom stereocenters. The number of nitrogens with zero attached hydrogens (tertiary/aromatic N) is 3. The number of furan rings is 1. The largest absolute Gasteiger partial charge is 0.485 e. The van der Waals surface area contributed by atoms with Gasteiger partial charge in [0.25, 0.3) is 5.91 Å². The van der Waals surface area contributed by atoms with Gasteiger partial charge in [-0.1, -0.05) is 24.3 Å². The number of para-hydroxylation sites is 2. The summed E-state index contributed by atoms with van der Waals surface area (Å²) in [5, 5.41) is 0. The molecule has 5 rings (SSSR count). The zero-order chi connectivity index (χ0) is 22.9. The normalized spacial score (nSPS) is 16.3. The minimum absolute atomic E-state index is 0.0727. The number of benzene rings is 2. The van der Waals surface area contributed by atoms with Crippen LogP contribution in [-0.4, -0.2) is 33.4 Å². The minimum Gasteiger partial charge on any atom is -0.485 e. The number of amides is 1. The van der Waals surface area contributed by atoms with Gasteiger partial charge in [-0.05, 0) is 68.1 Å². The van der Waals surface area contributed by atoms with E-state index in [0.717, 1.165) is 53.1 Å². The van der Waals surface area contributed by atoms with Crippen LogP contribution in [-0.2, 0) is 13.7 Å². The molecule has 0 bridgehead atoms. The van der Waals surface area contributed by atoms with Crippen molar-refractivity contribution in [2.45, 2.75) is 39.2 Å². The van der Waals surface area contributed by atoms with E-state index >= 15 is 0 Å². The predicted molar refractivity (Wildman–Crippen MR) is 128 cm³/mol. The number of rotatable bonds is 5. The smallest absolute Gasteiger partial charge is 0.289 e. The Morgan fingerprint density at radius 1 is 1.15 bits per heavy atom. The van der Waals surface area contributed by atoms with Crippen LogP contribution in [0.1, 0.15) is 52.0 Å². The Labute approximate surface area is 193 Å². The summed E-state index contributed by atoms with van der Waals surface area (Å²) in [7, 11) is 2.06. The number of ether oxygens (including phenoxy) is 1. The van der Waals surface area contributed by atoms with Crippen molar-refractivity contribution in [1.29, 1.82) is 0 Å². The number of carbonyl (C=O) groups is 1. The van der Waals surface area contributed by atoms with Crippen LogP contribution >= 0.6 is 0 Å². The molecule has 1 fully saturated rings. The molecule has 170 valence electrons. The Bertz CT molecular complexity index is 1300. The van der Waals surface area contributed by atoms with Crippen molar-refractivity contribution in [3.05, 3.63) is 83.1 Å². The van der Waals surface area contributed by atoms with Crippen molar-refractivity contribution < 1.29 is 13.9 Å². The van der Waals surface area contributed by atoms with E-state index in [0.29, 0.717) is 24.7 Å². The second kappa shape index (κ2) is 8.77. The maximum Gasteiger partial charge on any atom is 0.289 e. The maximum absolute atomic E-state index is 13.2. The summed E-state index contributed by atoms with van der Waals surface area (Å²) in [6.07, 6.45) is 1.97. The maximum atomic E-state index is 13.2. The fraction of sp³-hybridized carbons (Fsp3) is 0.333. The number of hydrogen-bond donors (Lipinski definition) is 0. The molecule has 0 N–H and O–H groups in total. The van der Waals surface area contributed by atoms with Crippen LogP contribution in [0.5, 0.6) is 5.75 Å². The van der Waals surface area contributed by atoms with Crippen LogP contribution in [0.4, 0.5) is 0 Å². The topological polar surface area (TPSA) is 60.5 Å². The average molecular weight is 444 g/mol. The summed E-state index contributed by atoms with van der Waals surface area (Å²) in [5.74, 6) is 3.01. The van der Waals surface area contributed by atoms with Gasteiger partial charge in [0.1, 0.15) is 23.9 Å². The molecule has 0 spiro atoms. The Hall–Kier alpha value is -3.54. The summed E-state index contributed by atoms with van der Waals surface area (Å²) in [4.78, 5) is 19.9. The van der Waals surface area contributed by atoms with E-state index < -0.39 is 0 Å². The van der Waals surface area contributed by atoms with Crippen LogP contribution in [0.25, 0.3) is 11.0 Å². The lowest BCUT2D eigenvalue weighted by Gasteiger charge is -2.31. The van der Waals surface area contributed by atoms with Crippen molar-refractivity contribution >= 4 is 16.9 Å². The number of fused-ring (bicyclic) bond motifs is 1. The molecule has 1 aliphatic rings. The number of hydrogen-bond acceptors (Lipinski definition) is 4. The van der Waals surface area contributed by atoms with Crippen LogP contribution in [0.15, 0.2) is 59.0 Å². The van der Waals surface area contributed by atoms with E-state index in [-0.39, 0.29) is 11.8 Å². The average Bonchev–Trinajstić information content (AvgIpc) is 3.44. The Morgan fingerprint density at radius 3 is 2.85 bits per heavy atom. The highest BCUT2D eigenvalue weighted by molar-refractivity contribution is 5.91. The fourth-order valence-corrected chi connectivity index (χ4v) is 4.64. The highest BCUT2D eigenvalue weighted by Crippen LogP contribution is 2.29. The number of piperidine rings is 1. The van der Waals surface area contributed by atoms with E-state index in [1.165, 1.54) is 0 Å². The first-order valence-corrected chi connectivity index (χ1v) is 11.5. The van der Waals surface area contributed by atoms with E-state index in [1.54, 1.807) is 6.07 Å². The third-order valence-electron chi connectivity index (χ3n) is 6.48. The molecule has 3 heterocycles. The molecule has 2 aromatic heterocycles. The summed E-state index contributed by atoms with van der Waals surface area (Å²) in [6, 6.07) is 17.9. The lowest BCUT2D eigenvalue weighted by atomic mass is 9.97. The van der Waals surface area contributed by atoms with E-state index in [2.05, 4.69) is 23.7 Å². The van der Waals surface area contributed by atoms with Gasteiger partial charge < -0.3 is 18.6 Å². The van der Waals surface area contributed by atoms with Crippen LogP contribution in [0.2, 0.25) is 0 Å². The molecule has 0 radical (unpaired) electrons. The van der Waals surface area contributed by atoms with E-state index in [1.807, 2.05) is 55.1 Å². The van der Waals surface area contributed by atoms with E-state index in [9.17, 15) is 4.79 Å². The number of carbonyl (C=O) groups excluding carboxylic acids is 1. The van der Waals surface area contributed by atoms with Gasteiger partial charge in [0.2, 0.25) is 0 Å². The van der Waals surface area contributed by atoms with Crippen molar-refractivity contribution in [2.75, 3.05) is 13.1 Å². The van der Waals surface area contributed by atoms with Crippen LogP contribution in [0.3, 0.4) is 0 Å². The van der Waals surface area contributed by atoms with Gasteiger partial charge in [-0.25, -0.2) is 4.98 Å². The second-order valence-electron chi connectivity index (χ2n) is 8.93. The zero-order valence-electron chi connectivity index (χ0n) is 19.4. The predicted octanol–water partition coefficient (Wildman–Crippen LogP) is 5.38. The van der Waals surface area contributed by atoms with Crippen molar-refractivity contribution in [2.24, 2.45) is 7.05 Å². The molecule has 2 aromatic carbocycles. The molecule has 1 atom stereocenters. The molecule has 6 nitrogen and oxygen atoms in total. The van der Waals surface area contributed by atoms with Gasteiger partial charge in [-0.2, -0.15) is 0 Å².